The molecule has 1 aliphatic heterocycles. The quantitative estimate of drug-likeness (QED) is 0.411. The van der Waals surface area contributed by atoms with Gasteiger partial charge in [0, 0.05) is 35.7 Å². The van der Waals surface area contributed by atoms with Crippen molar-refractivity contribution < 1.29 is 34.1 Å². The summed E-state index contributed by atoms with van der Waals surface area (Å²) in [6.07, 6.45) is 9.80. The van der Waals surface area contributed by atoms with Gasteiger partial charge in [0.05, 0.1) is 25.7 Å². The molecule has 4 atom stereocenters. The number of amides is 2. The molecule has 3 aliphatic carbocycles. The van der Waals surface area contributed by atoms with Crippen LogP contribution in [0.15, 0.2) is 23.8 Å². The molecule has 1 aromatic carbocycles. The summed E-state index contributed by atoms with van der Waals surface area (Å²) in [4.78, 5) is 40.9. The van der Waals surface area contributed by atoms with E-state index >= 15 is 0 Å². The summed E-state index contributed by atoms with van der Waals surface area (Å²) in [6.45, 7) is 0.393. The maximum absolute atomic E-state index is 14.0. The second kappa shape index (κ2) is 12.1. The number of benzene rings is 1. The van der Waals surface area contributed by atoms with Crippen LogP contribution in [0.4, 0.5) is 0 Å². The Morgan fingerprint density at radius 2 is 1.85 bits per heavy atom. The highest BCUT2D eigenvalue weighted by molar-refractivity contribution is 5.96. The third kappa shape index (κ3) is 5.43. The number of nitrogens with one attached hydrogen (secondary N) is 1. The van der Waals surface area contributed by atoms with Crippen LogP contribution in [0, 0.1) is 11.8 Å². The van der Waals surface area contributed by atoms with Gasteiger partial charge in [-0.1, -0.05) is 32.1 Å². The fourth-order valence-electron chi connectivity index (χ4n) is 6.97. The fraction of sp³-hybridized carbons (Fsp3) is 0.633. The van der Waals surface area contributed by atoms with Crippen molar-refractivity contribution in [3.05, 3.63) is 34.9 Å². The highest BCUT2D eigenvalue weighted by Gasteiger charge is 2.52. The van der Waals surface area contributed by atoms with Crippen LogP contribution in [-0.2, 0) is 9.59 Å². The molecule has 4 aliphatic rings. The van der Waals surface area contributed by atoms with E-state index in [0.29, 0.717) is 46.9 Å². The Morgan fingerprint density at radius 3 is 2.51 bits per heavy atom. The van der Waals surface area contributed by atoms with E-state index in [4.69, 9.17) is 9.47 Å². The molecule has 0 unspecified atom stereocenters. The van der Waals surface area contributed by atoms with Gasteiger partial charge in [-0.3, -0.25) is 14.4 Å². The minimum atomic E-state index is -1.09. The van der Waals surface area contributed by atoms with Gasteiger partial charge >= 0.3 is 0 Å². The molecule has 212 valence electrons. The van der Waals surface area contributed by atoms with Crippen molar-refractivity contribution in [1.82, 2.24) is 10.2 Å². The summed E-state index contributed by atoms with van der Waals surface area (Å²) < 4.78 is 11.8. The zero-order valence-corrected chi connectivity index (χ0v) is 22.6. The van der Waals surface area contributed by atoms with Gasteiger partial charge in [0.15, 0.2) is 11.5 Å². The van der Waals surface area contributed by atoms with Crippen molar-refractivity contribution in [2.45, 2.75) is 82.0 Å². The molecule has 9 heteroatoms. The topological polar surface area (TPSA) is 125 Å². The summed E-state index contributed by atoms with van der Waals surface area (Å²) in [7, 11) is 1.48. The molecular weight excluding hydrogens is 500 g/mol. The molecule has 0 radical (unpaired) electrons. The predicted octanol–water partition coefficient (Wildman–Crippen LogP) is 2.73. The number of ether oxygens (including phenoxy) is 2. The average molecular weight is 541 g/mol. The molecular formula is C30H40N2O7. The molecule has 0 aromatic heterocycles. The maximum Gasteiger partial charge on any atom is 0.247 e. The Hall–Kier alpha value is -2.91. The molecule has 39 heavy (non-hydrogen) atoms. The van der Waals surface area contributed by atoms with E-state index in [1.807, 2.05) is 4.90 Å². The van der Waals surface area contributed by atoms with Gasteiger partial charge in [0.1, 0.15) is 18.5 Å². The monoisotopic (exact) mass is 540 g/mol. The van der Waals surface area contributed by atoms with Gasteiger partial charge in [0.25, 0.3) is 0 Å². The first-order valence-electron chi connectivity index (χ1n) is 14.4. The predicted molar refractivity (Wildman–Crippen MR) is 144 cm³/mol. The van der Waals surface area contributed by atoms with Gasteiger partial charge in [-0.25, -0.2) is 0 Å². The number of carbonyl (C=O) groups is 3. The van der Waals surface area contributed by atoms with Crippen LogP contribution in [0.1, 0.15) is 79.6 Å². The summed E-state index contributed by atoms with van der Waals surface area (Å²) in [5.41, 5.74) is 1.32. The molecule has 1 aromatic rings. The fourth-order valence-corrected chi connectivity index (χ4v) is 6.97. The van der Waals surface area contributed by atoms with E-state index in [2.05, 4.69) is 5.32 Å². The second-order valence-corrected chi connectivity index (χ2v) is 11.4. The lowest BCUT2D eigenvalue weighted by Crippen LogP contribution is -2.57. The molecule has 2 amide bonds. The maximum atomic E-state index is 14.0. The van der Waals surface area contributed by atoms with Gasteiger partial charge in [-0.2, -0.15) is 0 Å². The lowest BCUT2D eigenvalue weighted by molar-refractivity contribution is -0.142. The Kier molecular flexibility index (Phi) is 8.57. The summed E-state index contributed by atoms with van der Waals surface area (Å²) in [5.74, 6) is 0.0130. The van der Waals surface area contributed by atoms with Gasteiger partial charge in [-0.15, -0.1) is 0 Å². The van der Waals surface area contributed by atoms with Crippen molar-refractivity contribution in [1.29, 1.82) is 0 Å². The molecule has 5 rings (SSSR count). The Bertz CT molecular complexity index is 1110. The third-order valence-corrected chi connectivity index (χ3v) is 8.94. The van der Waals surface area contributed by atoms with Gasteiger partial charge in [0.2, 0.25) is 11.8 Å². The number of methoxy groups -OCH3 is 1. The number of fused-ring (bicyclic) bond motifs is 3. The van der Waals surface area contributed by atoms with E-state index in [0.717, 1.165) is 51.4 Å². The lowest BCUT2D eigenvalue weighted by Gasteiger charge is -2.43. The molecule has 2 saturated carbocycles. The summed E-state index contributed by atoms with van der Waals surface area (Å²) >= 11 is 0. The standard InChI is InChI=1S/C30H40N2O7/c1-38-24-14-19(17-34)13-21-25-22(29(36)31-11-12-33)15-23(26(35)28(25)39-27(21)24)32(16-18-7-3-2-4-8-18)30(37)20-9-5-6-10-20/h13-15,17-18,20,23,25-26,28,33,35H,2-12,16H2,1H3,(H,31,36)/t23-,25+,26+,28+/m1/s1. The zero-order valence-electron chi connectivity index (χ0n) is 22.6. The first-order valence-corrected chi connectivity index (χ1v) is 14.4. The minimum absolute atomic E-state index is 0.0447. The summed E-state index contributed by atoms with van der Waals surface area (Å²) in [6, 6.07) is 2.50. The van der Waals surface area contributed by atoms with Crippen molar-refractivity contribution in [2.24, 2.45) is 11.8 Å². The first-order chi connectivity index (χ1) is 19.0. The Balaban J connectivity index is 1.56. The highest BCUT2D eigenvalue weighted by atomic mass is 16.5. The highest BCUT2D eigenvalue weighted by Crippen LogP contribution is 2.51. The number of carbonyl (C=O) groups excluding carboxylic acids is 3. The van der Waals surface area contributed by atoms with Crippen LogP contribution in [0.2, 0.25) is 0 Å². The van der Waals surface area contributed by atoms with Gasteiger partial charge in [-0.05, 0) is 49.8 Å². The number of aliphatic hydroxyl groups is 2. The number of hydrogen-bond donors (Lipinski definition) is 3. The average Bonchev–Trinajstić information content (AvgIpc) is 3.64. The van der Waals surface area contributed by atoms with Crippen molar-refractivity contribution in [3.63, 3.8) is 0 Å². The number of aldehydes is 1. The first kappa shape index (κ1) is 27.6. The number of aliphatic hydroxyl groups excluding tert-OH is 2. The van der Waals surface area contributed by atoms with Crippen LogP contribution in [-0.4, -0.2) is 78.3 Å². The molecule has 0 saturated heterocycles. The van der Waals surface area contributed by atoms with Crippen LogP contribution in [0.3, 0.4) is 0 Å². The second-order valence-electron chi connectivity index (χ2n) is 11.4. The summed E-state index contributed by atoms with van der Waals surface area (Å²) in [5, 5.41) is 23.9. The van der Waals surface area contributed by atoms with E-state index in [1.165, 1.54) is 13.5 Å². The molecule has 9 nitrogen and oxygen atoms in total. The van der Waals surface area contributed by atoms with E-state index in [1.54, 1.807) is 18.2 Å². The largest absolute Gasteiger partial charge is 0.493 e. The van der Waals surface area contributed by atoms with Crippen molar-refractivity contribution in [3.8, 4) is 11.5 Å². The normalized spacial score (nSPS) is 26.7. The van der Waals surface area contributed by atoms with Crippen LogP contribution in [0.5, 0.6) is 11.5 Å². The van der Waals surface area contributed by atoms with Crippen LogP contribution in [0.25, 0.3) is 0 Å². The van der Waals surface area contributed by atoms with E-state index in [9.17, 15) is 24.6 Å². The number of nitrogens with zero attached hydrogens (tertiary/aromatic N) is 1. The van der Waals surface area contributed by atoms with Gasteiger partial charge < -0.3 is 29.9 Å². The smallest absolute Gasteiger partial charge is 0.247 e. The Morgan fingerprint density at radius 1 is 1.13 bits per heavy atom. The van der Waals surface area contributed by atoms with Crippen LogP contribution >= 0.6 is 0 Å². The van der Waals surface area contributed by atoms with Crippen LogP contribution < -0.4 is 14.8 Å². The van der Waals surface area contributed by atoms with E-state index in [-0.39, 0.29) is 25.0 Å². The molecule has 3 N–H and O–H groups in total. The van der Waals surface area contributed by atoms with Crippen molar-refractivity contribution >= 4 is 18.1 Å². The Labute approximate surface area is 229 Å². The minimum Gasteiger partial charge on any atom is -0.493 e. The zero-order chi connectivity index (χ0) is 27.5. The third-order valence-electron chi connectivity index (χ3n) is 8.94. The SMILES string of the molecule is COc1cc(C=O)cc2c1O[C@@H]1[C@@H](O)[C@H](N(CC3CCCCC3)C(=O)C3CCCC3)C=C(C(=O)NCCO)[C@H]21. The lowest BCUT2D eigenvalue weighted by atomic mass is 9.76. The molecule has 0 bridgehead atoms. The molecule has 1 heterocycles. The number of rotatable bonds is 9. The number of hydrogen-bond acceptors (Lipinski definition) is 7. The molecule has 0 spiro atoms. The van der Waals surface area contributed by atoms with E-state index < -0.39 is 30.1 Å². The molecule has 2 fully saturated rings. The van der Waals surface area contributed by atoms with Crippen molar-refractivity contribution in [2.75, 3.05) is 26.8 Å².